The van der Waals surface area contributed by atoms with Gasteiger partial charge in [-0.3, -0.25) is 19.5 Å². The maximum Gasteiger partial charge on any atom is 0.260 e. The Labute approximate surface area is 216 Å². The minimum atomic E-state index is -2.64. The number of nitrogens with two attached hydrogens (primary N) is 1. The molecule has 1 aromatic heterocycles. The number of alkyl halides is 2. The van der Waals surface area contributed by atoms with E-state index in [-0.39, 0.29) is 24.4 Å². The molecule has 2 aromatic carbocycles. The number of rotatable bonds is 8. The molecule has 1 aliphatic rings. The second kappa shape index (κ2) is 10.7. The zero-order chi connectivity index (χ0) is 26.6. The Hall–Kier alpha value is -3.72. The zero-order valence-electron chi connectivity index (χ0n) is 20.8. The normalized spacial score (nSPS) is 15.6. The summed E-state index contributed by atoms with van der Waals surface area (Å²) in [6.07, 6.45) is 3.29. The highest BCUT2D eigenvalue weighted by molar-refractivity contribution is 6.39. The van der Waals surface area contributed by atoms with E-state index < -0.39 is 17.2 Å². The van der Waals surface area contributed by atoms with Gasteiger partial charge in [0.05, 0.1) is 23.7 Å². The van der Waals surface area contributed by atoms with Gasteiger partial charge in [0.15, 0.2) is 15.7 Å². The zero-order valence-corrected chi connectivity index (χ0v) is 20.8. The number of amides is 2. The lowest BCUT2D eigenvalue weighted by Crippen LogP contribution is -2.41. The highest BCUT2D eigenvalue weighted by Gasteiger charge is 2.34. The fourth-order valence-corrected chi connectivity index (χ4v) is 4.34. The number of nitrogens with one attached hydrogen (secondary N) is 1. The number of likely N-dealkylation sites (tertiary alicyclic amines) is 1. The van der Waals surface area contributed by atoms with Crippen molar-refractivity contribution in [3.8, 4) is 5.75 Å². The van der Waals surface area contributed by atoms with Crippen LogP contribution in [0.15, 0.2) is 67.0 Å². The molecule has 37 heavy (non-hydrogen) atoms. The van der Waals surface area contributed by atoms with Crippen LogP contribution in [0.5, 0.6) is 5.75 Å². The van der Waals surface area contributed by atoms with Gasteiger partial charge in [0.1, 0.15) is 5.75 Å². The summed E-state index contributed by atoms with van der Waals surface area (Å²) in [6.45, 7) is 0.826. The Kier molecular flexibility index (Phi) is 7.63. The van der Waals surface area contributed by atoms with Gasteiger partial charge in [-0.05, 0) is 54.4 Å². The summed E-state index contributed by atoms with van der Waals surface area (Å²) >= 11 is 0. The fourth-order valence-electron chi connectivity index (χ4n) is 4.34. The van der Waals surface area contributed by atoms with Crippen LogP contribution < -0.4 is 15.8 Å². The standard InChI is InChI=1S/C26H28B2F2N4O3/c27-26(28,37-22-11-19(23(31)35)13-32-14-22)20-3-1-4-21(12-20)33-24(36)18-7-5-17(6-8-18)15-34-10-2-9-25(29,30)16-34/h1,3-8,11-14H,2,9-10,15-16,27-28H2,(H2,31,35)(H,33,36). The first-order valence-corrected chi connectivity index (χ1v) is 12.1. The van der Waals surface area contributed by atoms with Gasteiger partial charge in [-0.2, -0.15) is 0 Å². The quantitative estimate of drug-likeness (QED) is 0.459. The van der Waals surface area contributed by atoms with Gasteiger partial charge < -0.3 is 15.8 Å². The number of halogens is 2. The first kappa shape index (κ1) is 26.3. The van der Waals surface area contributed by atoms with Crippen molar-refractivity contribution < 1.29 is 23.1 Å². The van der Waals surface area contributed by atoms with E-state index in [0.29, 0.717) is 36.5 Å². The third-order valence-corrected chi connectivity index (χ3v) is 6.28. The topological polar surface area (TPSA) is 97.5 Å². The van der Waals surface area contributed by atoms with Gasteiger partial charge in [0.2, 0.25) is 5.91 Å². The number of nitrogens with zero attached hydrogens (tertiary/aromatic N) is 2. The van der Waals surface area contributed by atoms with Crippen LogP contribution in [-0.2, 0) is 11.9 Å². The van der Waals surface area contributed by atoms with Crippen LogP contribution in [0.2, 0.25) is 0 Å². The summed E-state index contributed by atoms with van der Waals surface area (Å²) < 4.78 is 33.4. The number of ether oxygens (including phenoxy) is 1. The smallest absolute Gasteiger partial charge is 0.260 e. The van der Waals surface area contributed by atoms with Crippen molar-refractivity contribution in [3.63, 3.8) is 0 Å². The van der Waals surface area contributed by atoms with Crippen LogP contribution in [0.25, 0.3) is 0 Å². The van der Waals surface area contributed by atoms with Crippen molar-refractivity contribution in [2.45, 2.75) is 30.7 Å². The maximum atomic E-state index is 13.7. The molecular weight excluding hydrogens is 476 g/mol. The van der Waals surface area contributed by atoms with E-state index in [4.69, 9.17) is 10.5 Å². The van der Waals surface area contributed by atoms with Crippen molar-refractivity contribution in [2.24, 2.45) is 5.73 Å². The molecule has 1 aliphatic heterocycles. The van der Waals surface area contributed by atoms with Crippen molar-refractivity contribution in [1.82, 2.24) is 9.88 Å². The summed E-state index contributed by atoms with van der Waals surface area (Å²) in [5.74, 6) is -3.13. The molecule has 0 saturated carbocycles. The minimum absolute atomic E-state index is 0.0627. The summed E-state index contributed by atoms with van der Waals surface area (Å²) in [4.78, 5) is 30.0. The van der Waals surface area contributed by atoms with Gasteiger partial charge >= 0.3 is 0 Å². The third-order valence-electron chi connectivity index (χ3n) is 6.28. The highest BCUT2D eigenvalue weighted by atomic mass is 19.3. The molecule has 0 radical (unpaired) electrons. The lowest BCUT2D eigenvalue weighted by molar-refractivity contribution is -0.0661. The molecule has 0 aliphatic carbocycles. The maximum absolute atomic E-state index is 13.7. The van der Waals surface area contributed by atoms with E-state index in [9.17, 15) is 18.4 Å². The van der Waals surface area contributed by atoms with Crippen molar-refractivity contribution in [3.05, 3.63) is 89.2 Å². The number of anilines is 1. The number of benzene rings is 2. The monoisotopic (exact) mass is 504 g/mol. The molecule has 3 aromatic rings. The van der Waals surface area contributed by atoms with Gasteiger partial charge in [-0.25, -0.2) is 8.78 Å². The largest absolute Gasteiger partial charge is 0.499 e. The molecule has 4 rings (SSSR count). The predicted octanol–water partition coefficient (Wildman–Crippen LogP) is 2.12. The summed E-state index contributed by atoms with van der Waals surface area (Å²) in [5.41, 5.74) is 8.29. The van der Waals surface area contributed by atoms with E-state index in [2.05, 4.69) is 10.3 Å². The number of piperidine rings is 1. The molecule has 2 heterocycles. The van der Waals surface area contributed by atoms with Crippen molar-refractivity contribution in [2.75, 3.05) is 18.4 Å². The number of aromatic nitrogens is 1. The van der Waals surface area contributed by atoms with E-state index >= 15 is 0 Å². The Bertz CT molecular complexity index is 1290. The van der Waals surface area contributed by atoms with E-state index in [0.717, 1.165) is 11.1 Å². The van der Waals surface area contributed by atoms with Gasteiger partial charge in [-0.15, -0.1) is 0 Å². The average Bonchev–Trinajstić information content (AvgIpc) is 2.84. The van der Waals surface area contributed by atoms with Crippen LogP contribution in [0, 0.1) is 0 Å². The molecule has 0 unspecified atom stereocenters. The SMILES string of the molecule is BC(B)(Oc1cncc(C(N)=O)c1)c1cccc(NC(=O)c2ccc(CN3CCCC(F)(F)C3)cc2)c1. The Morgan fingerprint density at radius 2 is 1.86 bits per heavy atom. The number of carbonyl (C=O) groups excluding carboxylic acids is 2. The molecule has 0 atom stereocenters. The van der Waals surface area contributed by atoms with Crippen molar-refractivity contribution in [1.29, 1.82) is 0 Å². The summed E-state index contributed by atoms with van der Waals surface area (Å²) in [6, 6.07) is 15.8. The molecule has 0 spiro atoms. The van der Waals surface area contributed by atoms with Crippen LogP contribution in [0.4, 0.5) is 14.5 Å². The first-order valence-electron chi connectivity index (χ1n) is 12.1. The fraction of sp³-hybridized carbons (Fsp3) is 0.269. The Morgan fingerprint density at radius 1 is 1.11 bits per heavy atom. The number of hydrogen-bond acceptors (Lipinski definition) is 5. The number of carbonyl (C=O) groups is 2. The average molecular weight is 504 g/mol. The van der Waals surface area contributed by atoms with Crippen LogP contribution in [0.1, 0.15) is 44.7 Å². The van der Waals surface area contributed by atoms with Gasteiger partial charge in [0.25, 0.3) is 11.8 Å². The molecule has 11 heteroatoms. The molecule has 1 fully saturated rings. The second-order valence-electron chi connectivity index (χ2n) is 9.79. The van der Waals surface area contributed by atoms with Gasteiger partial charge in [0, 0.05) is 30.4 Å². The van der Waals surface area contributed by atoms with Crippen LogP contribution in [-0.4, -0.2) is 56.4 Å². The molecule has 1 saturated heterocycles. The molecule has 190 valence electrons. The van der Waals surface area contributed by atoms with E-state index in [1.54, 1.807) is 35.2 Å². The third kappa shape index (κ3) is 6.95. The number of pyridine rings is 1. The van der Waals surface area contributed by atoms with Gasteiger partial charge in [-0.1, -0.05) is 24.3 Å². The lowest BCUT2D eigenvalue weighted by Gasteiger charge is -2.32. The van der Waals surface area contributed by atoms with Crippen LogP contribution >= 0.6 is 0 Å². The summed E-state index contributed by atoms with van der Waals surface area (Å²) in [5, 5.41) is 2.09. The molecular formula is C26H28B2F2N4O3. The molecule has 0 bridgehead atoms. The van der Waals surface area contributed by atoms with Crippen LogP contribution in [0.3, 0.4) is 0 Å². The predicted molar refractivity (Wildman–Crippen MR) is 142 cm³/mol. The van der Waals surface area contributed by atoms with E-state index in [1.807, 2.05) is 33.9 Å². The molecule has 2 amide bonds. The first-order chi connectivity index (χ1) is 17.5. The Balaban J connectivity index is 1.40. The number of primary amides is 1. The molecule has 7 nitrogen and oxygen atoms in total. The number of hydrogen-bond donors (Lipinski definition) is 2. The van der Waals surface area contributed by atoms with E-state index in [1.165, 1.54) is 18.5 Å². The Morgan fingerprint density at radius 3 is 2.57 bits per heavy atom. The minimum Gasteiger partial charge on any atom is -0.499 e. The van der Waals surface area contributed by atoms with Crippen molar-refractivity contribution >= 4 is 33.2 Å². The second-order valence-corrected chi connectivity index (χ2v) is 9.79. The lowest BCUT2D eigenvalue weighted by atomic mass is 9.61. The molecule has 3 N–H and O–H groups in total. The summed E-state index contributed by atoms with van der Waals surface area (Å²) in [7, 11) is 3.73. The highest BCUT2D eigenvalue weighted by Crippen LogP contribution is 2.28.